The lowest BCUT2D eigenvalue weighted by Crippen LogP contribution is -2.34. The minimum absolute atomic E-state index is 0.0448. The zero-order valence-electron chi connectivity index (χ0n) is 17.2. The molecule has 1 fully saturated rings. The Balaban J connectivity index is 1.76. The van der Waals surface area contributed by atoms with Crippen molar-refractivity contribution in [2.24, 2.45) is 7.05 Å². The highest BCUT2D eigenvalue weighted by molar-refractivity contribution is 7.89. The van der Waals surface area contributed by atoms with E-state index in [1.54, 1.807) is 11.7 Å². The molecule has 2 aromatic carbocycles. The number of sulfonamides is 1. The molecule has 0 spiro atoms. The van der Waals surface area contributed by atoms with Gasteiger partial charge in [-0.2, -0.15) is 5.10 Å². The van der Waals surface area contributed by atoms with Gasteiger partial charge in [0.05, 0.1) is 23.3 Å². The van der Waals surface area contributed by atoms with Crippen molar-refractivity contribution >= 4 is 32.3 Å². The van der Waals surface area contributed by atoms with Crippen LogP contribution >= 0.6 is 11.3 Å². The number of nitrogens with one attached hydrogen (secondary N) is 1. The molecule has 33 heavy (non-hydrogen) atoms. The molecule has 8 nitrogen and oxygen atoms in total. The highest BCUT2D eigenvalue weighted by Gasteiger charge is 2.54. The Hall–Kier alpha value is -3.27. The second-order valence-electron chi connectivity index (χ2n) is 7.70. The lowest BCUT2D eigenvalue weighted by molar-refractivity contribution is 0.150. The third-order valence-corrected chi connectivity index (χ3v) is 7.84. The molecule has 0 atom stereocenters. The van der Waals surface area contributed by atoms with Gasteiger partial charge in [-0.1, -0.05) is 41.7 Å². The minimum Gasteiger partial charge on any atom is -0.292 e. The van der Waals surface area contributed by atoms with Gasteiger partial charge >= 0.3 is 0 Å². The number of hydrogen-bond acceptors (Lipinski definition) is 6. The quantitative estimate of drug-likeness (QED) is 0.408. The topological polar surface area (TPSA) is 94.1 Å². The molecule has 2 heterocycles. The van der Waals surface area contributed by atoms with Crippen molar-refractivity contribution in [1.82, 2.24) is 24.7 Å². The molecule has 0 amide bonds. The first-order valence-electron chi connectivity index (χ1n) is 9.84. The molecular weight excluding hydrogens is 470 g/mol. The number of hydrogen-bond donors (Lipinski definition) is 1. The standard InChI is InChI=1S/C21H16F2N6O2S2/c1-24-21(8-9-21)28-33(30,31)13-10-14(12-6-4-3-5-7-12)17-15(11-13)16(27-29(17)2)19-25-26-20(32-19)18(22)23/h3-7,10-11,18,28H,8-9H2,2H3. The smallest absolute Gasteiger partial charge is 0.292 e. The van der Waals surface area contributed by atoms with E-state index in [-0.39, 0.29) is 15.6 Å². The average Bonchev–Trinajstić information content (AvgIpc) is 3.23. The Labute approximate surface area is 191 Å². The molecule has 1 N–H and O–H groups in total. The van der Waals surface area contributed by atoms with Gasteiger partial charge in [0.25, 0.3) is 12.1 Å². The molecule has 4 aromatic rings. The first-order valence-corrected chi connectivity index (χ1v) is 12.1. The number of alkyl halides is 2. The normalized spacial score (nSPS) is 15.1. The first kappa shape index (κ1) is 21.6. The van der Waals surface area contributed by atoms with Gasteiger partial charge in [-0.3, -0.25) is 9.53 Å². The van der Waals surface area contributed by atoms with Crippen molar-refractivity contribution in [1.29, 1.82) is 0 Å². The van der Waals surface area contributed by atoms with Gasteiger partial charge < -0.3 is 0 Å². The lowest BCUT2D eigenvalue weighted by atomic mass is 10.0. The van der Waals surface area contributed by atoms with Gasteiger partial charge in [0.1, 0.15) is 5.69 Å². The predicted octanol–water partition coefficient (Wildman–Crippen LogP) is 4.38. The minimum atomic E-state index is -4.04. The molecule has 0 saturated heterocycles. The number of rotatable bonds is 6. The second kappa shape index (κ2) is 7.65. The molecule has 2 aromatic heterocycles. The Morgan fingerprint density at radius 1 is 1.21 bits per heavy atom. The third kappa shape index (κ3) is 3.78. The summed E-state index contributed by atoms with van der Waals surface area (Å²) in [5.74, 6) is 0. The van der Waals surface area contributed by atoms with E-state index in [4.69, 9.17) is 6.57 Å². The van der Waals surface area contributed by atoms with Crippen molar-refractivity contribution in [3.8, 4) is 21.8 Å². The average molecular weight is 487 g/mol. The Bertz CT molecular complexity index is 1520. The van der Waals surface area contributed by atoms with Crippen LogP contribution in [-0.2, 0) is 17.1 Å². The fraction of sp³-hybridized carbons (Fsp3) is 0.238. The van der Waals surface area contributed by atoms with Crippen molar-refractivity contribution in [3.05, 3.63) is 58.9 Å². The molecule has 12 heteroatoms. The molecule has 1 aliphatic carbocycles. The van der Waals surface area contributed by atoms with Gasteiger partial charge in [0.15, 0.2) is 10.0 Å². The molecule has 5 rings (SSSR count). The Morgan fingerprint density at radius 3 is 2.55 bits per heavy atom. The van der Waals surface area contributed by atoms with Crippen LogP contribution in [0.5, 0.6) is 0 Å². The molecule has 0 bridgehead atoms. The molecule has 0 radical (unpaired) electrons. The Morgan fingerprint density at radius 2 is 1.94 bits per heavy atom. The van der Waals surface area contributed by atoms with Gasteiger partial charge in [-0.05, 0) is 17.7 Å². The van der Waals surface area contributed by atoms with Crippen LogP contribution in [0.2, 0.25) is 0 Å². The summed E-state index contributed by atoms with van der Waals surface area (Å²) in [6.07, 6.45) is -1.87. The van der Waals surface area contributed by atoms with Crippen LogP contribution in [-0.4, -0.2) is 34.1 Å². The fourth-order valence-electron chi connectivity index (χ4n) is 3.62. The summed E-state index contributed by atoms with van der Waals surface area (Å²) < 4.78 is 56.7. The molecule has 0 unspecified atom stereocenters. The number of benzene rings is 2. The van der Waals surface area contributed by atoms with Gasteiger partial charge in [-0.25, -0.2) is 23.8 Å². The first-order chi connectivity index (χ1) is 15.7. The zero-order valence-corrected chi connectivity index (χ0v) is 18.8. The largest absolute Gasteiger partial charge is 0.299 e. The maximum absolute atomic E-state index is 13.2. The van der Waals surface area contributed by atoms with Crippen LogP contribution in [0, 0.1) is 6.57 Å². The maximum atomic E-state index is 13.2. The summed E-state index contributed by atoms with van der Waals surface area (Å²) in [6.45, 7) is 7.31. The summed E-state index contributed by atoms with van der Waals surface area (Å²) >= 11 is 0.708. The van der Waals surface area contributed by atoms with E-state index in [0.29, 0.717) is 40.6 Å². The van der Waals surface area contributed by atoms with Crippen LogP contribution in [0.4, 0.5) is 8.78 Å². The van der Waals surface area contributed by atoms with E-state index in [0.717, 1.165) is 5.56 Å². The van der Waals surface area contributed by atoms with E-state index in [1.807, 2.05) is 30.3 Å². The third-order valence-electron chi connectivity index (χ3n) is 5.40. The van der Waals surface area contributed by atoms with E-state index in [1.165, 1.54) is 12.1 Å². The number of aryl methyl sites for hydroxylation is 1. The monoisotopic (exact) mass is 486 g/mol. The molecule has 0 aliphatic heterocycles. The summed E-state index contributed by atoms with van der Waals surface area (Å²) in [5, 5.41) is 12.0. The molecular formula is C21H16F2N6O2S2. The number of halogens is 2. The number of aromatic nitrogens is 4. The second-order valence-corrected chi connectivity index (χ2v) is 10.4. The van der Waals surface area contributed by atoms with Crippen molar-refractivity contribution in [3.63, 3.8) is 0 Å². The van der Waals surface area contributed by atoms with Crippen molar-refractivity contribution in [2.45, 2.75) is 29.8 Å². The number of fused-ring (bicyclic) bond motifs is 1. The highest BCUT2D eigenvalue weighted by Crippen LogP contribution is 2.41. The van der Waals surface area contributed by atoms with E-state index in [2.05, 4.69) is 24.9 Å². The number of nitrogens with zero attached hydrogens (tertiary/aromatic N) is 5. The van der Waals surface area contributed by atoms with Crippen LogP contribution in [0.1, 0.15) is 24.3 Å². The summed E-state index contributed by atoms with van der Waals surface area (Å²) in [6, 6.07) is 12.2. The summed E-state index contributed by atoms with van der Waals surface area (Å²) in [5.41, 5.74) is 1.13. The van der Waals surface area contributed by atoms with E-state index >= 15 is 0 Å². The van der Waals surface area contributed by atoms with Gasteiger partial charge in [0, 0.05) is 18.0 Å². The SMILES string of the molecule is [C-]#[N+]C1(NS(=O)(=O)c2cc(-c3ccccc3)c3c(c2)c(-c2nnc(C(F)F)s2)nn3C)CC1. The van der Waals surface area contributed by atoms with E-state index in [9.17, 15) is 17.2 Å². The molecule has 168 valence electrons. The summed E-state index contributed by atoms with van der Waals surface area (Å²) in [4.78, 5) is 3.38. The van der Waals surface area contributed by atoms with E-state index < -0.39 is 27.1 Å². The van der Waals surface area contributed by atoms with Gasteiger partial charge in [0.2, 0.25) is 10.0 Å². The van der Waals surface area contributed by atoms with Gasteiger partial charge in [-0.15, -0.1) is 14.9 Å². The predicted molar refractivity (Wildman–Crippen MR) is 119 cm³/mol. The molecule has 1 aliphatic rings. The Kier molecular flexibility index (Phi) is 5.00. The van der Waals surface area contributed by atoms with Crippen molar-refractivity contribution in [2.75, 3.05) is 0 Å². The van der Waals surface area contributed by atoms with Crippen molar-refractivity contribution < 1.29 is 17.2 Å². The highest BCUT2D eigenvalue weighted by atomic mass is 32.2. The maximum Gasteiger partial charge on any atom is 0.299 e. The zero-order chi connectivity index (χ0) is 23.4. The summed E-state index contributed by atoms with van der Waals surface area (Å²) in [7, 11) is -2.35. The van der Waals surface area contributed by atoms with Crippen LogP contribution in [0.3, 0.4) is 0 Å². The lowest BCUT2D eigenvalue weighted by Gasteiger charge is -2.12. The van der Waals surface area contributed by atoms with Crippen LogP contribution in [0.25, 0.3) is 37.6 Å². The van der Waals surface area contributed by atoms with Crippen LogP contribution < -0.4 is 4.72 Å². The fourth-order valence-corrected chi connectivity index (χ4v) is 5.74. The van der Waals surface area contributed by atoms with Crippen LogP contribution in [0.15, 0.2) is 47.4 Å². The molecule has 1 saturated carbocycles.